The second-order valence-corrected chi connectivity index (χ2v) is 5.39. The minimum absolute atomic E-state index is 0.0406. The predicted octanol–water partition coefficient (Wildman–Crippen LogP) is 3.13. The molecule has 1 aromatic heterocycles. The number of hydrogen-bond donors (Lipinski definition) is 1. The fraction of sp³-hybridized carbons (Fsp3) is 0.357. The zero-order valence-electron chi connectivity index (χ0n) is 10.9. The first-order chi connectivity index (χ1) is 9.16. The third-order valence-corrected chi connectivity index (χ3v) is 3.33. The van der Waals surface area contributed by atoms with Gasteiger partial charge in [0.15, 0.2) is 0 Å². The molecule has 1 unspecified atom stereocenters. The van der Waals surface area contributed by atoms with Crippen LogP contribution < -0.4 is 10.5 Å². The Bertz CT molecular complexity index is 511. The molecule has 1 aromatic carbocycles. The van der Waals surface area contributed by atoms with E-state index in [1.165, 1.54) is 0 Å². The minimum Gasteiger partial charge on any atom is -0.493 e. The average Bonchev–Trinajstić information content (AvgIpc) is 2.89. The highest BCUT2D eigenvalue weighted by Crippen LogP contribution is 2.27. The van der Waals surface area contributed by atoms with Gasteiger partial charge in [-0.3, -0.25) is 0 Å². The molecule has 0 fully saturated rings. The van der Waals surface area contributed by atoms with Gasteiger partial charge in [0.1, 0.15) is 5.75 Å². The number of imidazole rings is 1. The largest absolute Gasteiger partial charge is 0.493 e. The van der Waals surface area contributed by atoms with Crippen LogP contribution in [0.1, 0.15) is 24.9 Å². The topological polar surface area (TPSA) is 53.1 Å². The zero-order valence-corrected chi connectivity index (χ0v) is 12.5. The van der Waals surface area contributed by atoms with Crippen LogP contribution in [0, 0.1) is 0 Å². The first-order valence-corrected chi connectivity index (χ1v) is 7.09. The molecule has 0 aliphatic heterocycles. The van der Waals surface area contributed by atoms with Gasteiger partial charge in [0.2, 0.25) is 0 Å². The summed E-state index contributed by atoms with van der Waals surface area (Å²) in [6, 6.07) is 5.90. The van der Waals surface area contributed by atoms with E-state index >= 15 is 0 Å². The van der Waals surface area contributed by atoms with E-state index in [-0.39, 0.29) is 6.04 Å². The fourth-order valence-corrected chi connectivity index (χ4v) is 2.23. The fourth-order valence-electron chi connectivity index (χ4n) is 1.85. The molecule has 0 aliphatic rings. The monoisotopic (exact) mass is 323 g/mol. The molecule has 1 atom stereocenters. The minimum atomic E-state index is -0.0406. The molecule has 2 N–H and O–H groups in total. The van der Waals surface area contributed by atoms with Crippen molar-refractivity contribution in [2.75, 3.05) is 6.61 Å². The molecule has 0 spiro atoms. The van der Waals surface area contributed by atoms with E-state index in [1.807, 2.05) is 42.2 Å². The second kappa shape index (κ2) is 6.73. The van der Waals surface area contributed by atoms with Crippen LogP contribution in [-0.2, 0) is 6.54 Å². The highest BCUT2D eigenvalue weighted by Gasteiger charge is 2.08. The summed E-state index contributed by atoms with van der Waals surface area (Å²) < 4.78 is 8.88. The van der Waals surface area contributed by atoms with Crippen molar-refractivity contribution in [2.45, 2.75) is 25.9 Å². The van der Waals surface area contributed by atoms with Crippen molar-refractivity contribution >= 4 is 15.9 Å². The average molecular weight is 324 g/mol. The van der Waals surface area contributed by atoms with Crippen molar-refractivity contribution in [2.24, 2.45) is 5.73 Å². The zero-order chi connectivity index (χ0) is 13.7. The SMILES string of the molecule is CC(N)c1cc(Br)ccc1OCCCn1ccnc1. The molecule has 0 amide bonds. The summed E-state index contributed by atoms with van der Waals surface area (Å²) >= 11 is 3.45. The number of aromatic nitrogens is 2. The lowest BCUT2D eigenvalue weighted by atomic mass is 10.1. The molecular weight excluding hydrogens is 306 g/mol. The van der Waals surface area contributed by atoms with Gasteiger partial charge in [-0.05, 0) is 31.5 Å². The number of halogens is 1. The summed E-state index contributed by atoms with van der Waals surface area (Å²) in [5, 5.41) is 0. The van der Waals surface area contributed by atoms with Gasteiger partial charge in [0, 0.05) is 35.0 Å². The van der Waals surface area contributed by atoms with Gasteiger partial charge in [-0.1, -0.05) is 15.9 Å². The third-order valence-electron chi connectivity index (χ3n) is 2.84. The lowest BCUT2D eigenvalue weighted by Gasteiger charge is -2.14. The van der Waals surface area contributed by atoms with E-state index < -0.39 is 0 Å². The number of benzene rings is 1. The van der Waals surface area contributed by atoms with E-state index in [9.17, 15) is 0 Å². The van der Waals surface area contributed by atoms with E-state index in [0.717, 1.165) is 28.8 Å². The Kier molecular flexibility index (Phi) is 4.99. The Morgan fingerprint density at radius 3 is 3.00 bits per heavy atom. The van der Waals surface area contributed by atoms with Crippen LogP contribution in [-0.4, -0.2) is 16.2 Å². The standard InChI is InChI=1S/C14H18BrN3O/c1-11(16)13-9-12(15)3-4-14(13)19-8-2-6-18-7-5-17-10-18/h3-5,7,9-11H,2,6,8,16H2,1H3. The van der Waals surface area contributed by atoms with Gasteiger partial charge in [-0.25, -0.2) is 4.98 Å². The maximum atomic E-state index is 5.95. The third kappa shape index (κ3) is 4.08. The smallest absolute Gasteiger partial charge is 0.124 e. The van der Waals surface area contributed by atoms with Crippen LogP contribution in [0.4, 0.5) is 0 Å². The van der Waals surface area contributed by atoms with E-state index in [4.69, 9.17) is 10.5 Å². The van der Waals surface area contributed by atoms with Crippen molar-refractivity contribution in [3.8, 4) is 5.75 Å². The maximum Gasteiger partial charge on any atom is 0.124 e. The molecule has 0 saturated carbocycles. The number of ether oxygens (including phenoxy) is 1. The van der Waals surface area contributed by atoms with E-state index in [2.05, 4.69) is 20.9 Å². The highest BCUT2D eigenvalue weighted by molar-refractivity contribution is 9.10. The summed E-state index contributed by atoms with van der Waals surface area (Å²) in [6.07, 6.45) is 6.48. The van der Waals surface area contributed by atoms with Gasteiger partial charge >= 0.3 is 0 Å². The van der Waals surface area contributed by atoms with Crippen molar-refractivity contribution in [3.05, 3.63) is 47.0 Å². The normalized spacial score (nSPS) is 12.4. The molecule has 0 saturated heterocycles. The van der Waals surface area contributed by atoms with Gasteiger partial charge in [0.05, 0.1) is 12.9 Å². The van der Waals surface area contributed by atoms with Gasteiger partial charge in [-0.2, -0.15) is 0 Å². The van der Waals surface area contributed by atoms with Crippen LogP contribution in [0.2, 0.25) is 0 Å². The molecular formula is C14H18BrN3O. The van der Waals surface area contributed by atoms with Gasteiger partial charge in [-0.15, -0.1) is 0 Å². The van der Waals surface area contributed by atoms with Crippen molar-refractivity contribution in [3.63, 3.8) is 0 Å². The Labute approximate surface area is 121 Å². The van der Waals surface area contributed by atoms with E-state index in [1.54, 1.807) is 6.20 Å². The Hall–Kier alpha value is -1.33. The summed E-state index contributed by atoms with van der Waals surface area (Å²) in [4.78, 5) is 4.01. The molecule has 102 valence electrons. The molecule has 1 heterocycles. The van der Waals surface area contributed by atoms with Crippen LogP contribution in [0.15, 0.2) is 41.4 Å². The van der Waals surface area contributed by atoms with Gasteiger partial charge < -0.3 is 15.0 Å². The molecule has 0 radical (unpaired) electrons. The van der Waals surface area contributed by atoms with E-state index in [0.29, 0.717) is 6.61 Å². The quantitative estimate of drug-likeness (QED) is 0.831. The van der Waals surface area contributed by atoms with Crippen LogP contribution in [0.3, 0.4) is 0 Å². The van der Waals surface area contributed by atoms with Crippen LogP contribution >= 0.6 is 15.9 Å². The summed E-state index contributed by atoms with van der Waals surface area (Å²) in [5.74, 6) is 0.865. The highest BCUT2D eigenvalue weighted by atomic mass is 79.9. The van der Waals surface area contributed by atoms with Crippen molar-refractivity contribution < 1.29 is 4.74 Å². The van der Waals surface area contributed by atoms with Gasteiger partial charge in [0.25, 0.3) is 0 Å². The lowest BCUT2D eigenvalue weighted by molar-refractivity contribution is 0.297. The predicted molar refractivity (Wildman–Crippen MR) is 79.1 cm³/mol. The number of nitrogens with zero attached hydrogens (tertiary/aromatic N) is 2. The number of aryl methyl sites for hydroxylation is 1. The molecule has 0 bridgehead atoms. The number of rotatable bonds is 6. The molecule has 2 rings (SSSR count). The molecule has 2 aromatic rings. The Balaban J connectivity index is 1.88. The number of nitrogens with two attached hydrogens (primary N) is 1. The van der Waals surface area contributed by atoms with Crippen molar-refractivity contribution in [1.82, 2.24) is 9.55 Å². The molecule has 19 heavy (non-hydrogen) atoms. The Morgan fingerprint density at radius 1 is 1.47 bits per heavy atom. The molecule has 4 nitrogen and oxygen atoms in total. The Morgan fingerprint density at radius 2 is 2.32 bits per heavy atom. The summed E-state index contributed by atoms with van der Waals surface area (Å²) in [6.45, 7) is 3.53. The van der Waals surface area contributed by atoms with Crippen LogP contribution in [0.5, 0.6) is 5.75 Å². The molecule has 5 heteroatoms. The maximum absolute atomic E-state index is 5.95. The lowest BCUT2D eigenvalue weighted by Crippen LogP contribution is -2.09. The second-order valence-electron chi connectivity index (χ2n) is 4.47. The summed E-state index contributed by atoms with van der Waals surface area (Å²) in [7, 11) is 0. The first kappa shape index (κ1) is 14.1. The number of hydrogen-bond acceptors (Lipinski definition) is 3. The van der Waals surface area contributed by atoms with Crippen LogP contribution in [0.25, 0.3) is 0 Å². The summed E-state index contributed by atoms with van der Waals surface area (Å²) in [5.41, 5.74) is 6.98. The first-order valence-electron chi connectivity index (χ1n) is 6.30. The van der Waals surface area contributed by atoms with Crippen molar-refractivity contribution in [1.29, 1.82) is 0 Å². The molecule has 0 aliphatic carbocycles.